The van der Waals surface area contributed by atoms with Crippen molar-refractivity contribution in [1.82, 2.24) is 14.0 Å². The van der Waals surface area contributed by atoms with E-state index in [0.29, 0.717) is 24.2 Å². The van der Waals surface area contributed by atoms with Crippen molar-refractivity contribution in [3.63, 3.8) is 0 Å². The van der Waals surface area contributed by atoms with Crippen molar-refractivity contribution < 1.29 is 4.79 Å². The normalized spacial score (nSPS) is 25.4. The fourth-order valence-corrected chi connectivity index (χ4v) is 6.09. The van der Waals surface area contributed by atoms with Crippen LogP contribution in [0.1, 0.15) is 56.6 Å². The van der Waals surface area contributed by atoms with Crippen molar-refractivity contribution in [2.75, 3.05) is 13.1 Å². The second kappa shape index (κ2) is 7.51. The Bertz CT molecular complexity index is 924. The molecule has 1 saturated carbocycles. The van der Waals surface area contributed by atoms with Gasteiger partial charge < -0.3 is 14.0 Å². The van der Waals surface area contributed by atoms with E-state index in [1.54, 1.807) is 6.07 Å². The molecule has 5 nitrogen and oxygen atoms in total. The van der Waals surface area contributed by atoms with Crippen LogP contribution >= 0.6 is 0 Å². The van der Waals surface area contributed by atoms with Crippen LogP contribution in [0.15, 0.2) is 47.5 Å². The molecule has 2 fully saturated rings. The molecular formula is C24H31N3O2. The molecule has 2 aromatic heterocycles. The van der Waals surface area contributed by atoms with Crippen molar-refractivity contribution in [2.45, 2.75) is 64.0 Å². The third kappa shape index (κ3) is 3.67. The number of hydrogen-bond donors (Lipinski definition) is 0. The smallest absolute Gasteiger partial charge is 0.250 e. The van der Waals surface area contributed by atoms with E-state index < -0.39 is 0 Å². The maximum absolute atomic E-state index is 13.5. The number of hydrogen-bond acceptors (Lipinski definition) is 2. The summed E-state index contributed by atoms with van der Waals surface area (Å²) in [6.45, 7) is 3.27. The molecule has 5 rings (SSSR count). The molecule has 0 unspecified atom stereocenters. The number of fused-ring (bicyclic) bond motifs is 4. The highest BCUT2D eigenvalue weighted by Crippen LogP contribution is 2.42. The van der Waals surface area contributed by atoms with Crippen LogP contribution in [-0.4, -0.2) is 33.0 Å². The minimum absolute atomic E-state index is 0.0930. The van der Waals surface area contributed by atoms with Gasteiger partial charge in [0.2, 0.25) is 5.91 Å². The summed E-state index contributed by atoms with van der Waals surface area (Å²) in [6, 6.07) is 9.74. The van der Waals surface area contributed by atoms with Gasteiger partial charge in [0.25, 0.3) is 5.56 Å². The van der Waals surface area contributed by atoms with E-state index in [0.717, 1.165) is 51.1 Å². The Hall–Kier alpha value is -2.30. The molecule has 0 spiro atoms. The Morgan fingerprint density at radius 2 is 1.79 bits per heavy atom. The van der Waals surface area contributed by atoms with Gasteiger partial charge >= 0.3 is 0 Å². The van der Waals surface area contributed by atoms with Crippen molar-refractivity contribution in [2.24, 2.45) is 11.3 Å². The predicted octanol–water partition coefficient (Wildman–Crippen LogP) is 3.64. The molecule has 2 aromatic rings. The summed E-state index contributed by atoms with van der Waals surface area (Å²) in [4.78, 5) is 27.8. The Morgan fingerprint density at radius 1 is 1.00 bits per heavy atom. The van der Waals surface area contributed by atoms with Crippen LogP contribution in [0.5, 0.6) is 0 Å². The van der Waals surface area contributed by atoms with Gasteiger partial charge in [-0.05, 0) is 48.8 Å². The van der Waals surface area contributed by atoms with Crippen LogP contribution in [0.4, 0.5) is 0 Å². The molecule has 3 aliphatic rings. The number of aromatic nitrogens is 2. The molecule has 1 aliphatic carbocycles. The zero-order valence-corrected chi connectivity index (χ0v) is 17.1. The highest BCUT2D eigenvalue weighted by atomic mass is 16.2. The van der Waals surface area contributed by atoms with E-state index in [4.69, 9.17) is 0 Å². The average molecular weight is 394 g/mol. The van der Waals surface area contributed by atoms with Crippen molar-refractivity contribution in [3.8, 4) is 0 Å². The van der Waals surface area contributed by atoms with E-state index in [2.05, 4.69) is 40.1 Å². The zero-order chi connectivity index (χ0) is 19.8. The summed E-state index contributed by atoms with van der Waals surface area (Å²) in [6.07, 6.45) is 12.1. The third-order valence-electron chi connectivity index (χ3n) is 7.46. The van der Waals surface area contributed by atoms with Gasteiger partial charge in [-0.1, -0.05) is 25.3 Å². The molecule has 0 radical (unpaired) electrons. The second-order valence-electron chi connectivity index (χ2n) is 9.59. The zero-order valence-electron chi connectivity index (χ0n) is 17.1. The number of nitrogens with zero attached hydrogens (tertiary/aromatic N) is 3. The maximum Gasteiger partial charge on any atom is 0.250 e. The SMILES string of the molecule is O=C(CC1(Cn2cccc2)CCCCC1)N1C[C@H]2C[C@@H](C1)c1cccc(=O)n1C2. The van der Waals surface area contributed by atoms with Gasteiger partial charge in [0, 0.05) is 62.7 Å². The maximum atomic E-state index is 13.5. The molecule has 1 saturated heterocycles. The van der Waals surface area contributed by atoms with Gasteiger partial charge in [0.15, 0.2) is 0 Å². The summed E-state index contributed by atoms with van der Waals surface area (Å²) >= 11 is 0. The first-order chi connectivity index (χ1) is 14.1. The van der Waals surface area contributed by atoms with Crippen molar-refractivity contribution in [3.05, 3.63) is 58.8 Å². The molecule has 2 bridgehead atoms. The lowest BCUT2D eigenvalue weighted by molar-refractivity contribution is -0.137. The number of carbonyl (C=O) groups is 1. The summed E-state index contributed by atoms with van der Waals surface area (Å²) in [5.41, 5.74) is 1.31. The first-order valence-electron chi connectivity index (χ1n) is 11.2. The minimum Gasteiger partial charge on any atom is -0.354 e. The van der Waals surface area contributed by atoms with Gasteiger partial charge in [-0.15, -0.1) is 0 Å². The highest BCUT2D eigenvalue weighted by molar-refractivity contribution is 5.77. The Morgan fingerprint density at radius 3 is 2.59 bits per heavy atom. The fraction of sp³-hybridized carbons (Fsp3) is 0.583. The molecular weight excluding hydrogens is 362 g/mol. The van der Waals surface area contributed by atoms with Crippen LogP contribution < -0.4 is 5.56 Å². The van der Waals surface area contributed by atoms with Crippen molar-refractivity contribution >= 4 is 5.91 Å². The van der Waals surface area contributed by atoms with Gasteiger partial charge in [0.05, 0.1) is 0 Å². The van der Waals surface area contributed by atoms with E-state index in [9.17, 15) is 9.59 Å². The number of piperidine rings is 1. The molecule has 2 atom stereocenters. The summed E-state index contributed by atoms with van der Waals surface area (Å²) in [5, 5.41) is 0. The standard InChI is InChI=1S/C24H31N3O2/c28-22-8-6-7-21-20-13-19(16-27(21)22)15-26(17-20)23(29)14-24(9-2-1-3-10-24)18-25-11-4-5-12-25/h4-8,11-12,19-20H,1-3,9-10,13-18H2/t19-,20+/m1/s1. The monoisotopic (exact) mass is 393 g/mol. The Balaban J connectivity index is 1.33. The molecule has 1 amide bonds. The lowest BCUT2D eigenvalue weighted by Gasteiger charge is -2.44. The van der Waals surface area contributed by atoms with E-state index in [1.165, 1.54) is 19.3 Å². The summed E-state index contributed by atoms with van der Waals surface area (Å²) in [7, 11) is 0. The Kier molecular flexibility index (Phi) is 4.84. The van der Waals surface area contributed by atoms with Gasteiger partial charge in [0.1, 0.15) is 0 Å². The second-order valence-corrected chi connectivity index (χ2v) is 9.59. The molecule has 2 aliphatic heterocycles. The quantitative estimate of drug-likeness (QED) is 0.796. The first kappa shape index (κ1) is 18.7. The summed E-state index contributed by atoms with van der Waals surface area (Å²) in [5.74, 6) is 1.02. The molecule has 4 heterocycles. The molecule has 5 heteroatoms. The average Bonchev–Trinajstić information content (AvgIpc) is 3.22. The highest BCUT2D eigenvalue weighted by Gasteiger charge is 2.40. The minimum atomic E-state index is 0.0930. The predicted molar refractivity (Wildman–Crippen MR) is 113 cm³/mol. The molecule has 0 aromatic carbocycles. The first-order valence-corrected chi connectivity index (χ1v) is 11.2. The number of likely N-dealkylation sites (tertiary alicyclic amines) is 1. The molecule has 0 N–H and O–H groups in total. The number of amides is 1. The van der Waals surface area contributed by atoms with Crippen LogP contribution in [-0.2, 0) is 17.9 Å². The van der Waals surface area contributed by atoms with Crippen LogP contribution in [0.2, 0.25) is 0 Å². The van der Waals surface area contributed by atoms with E-state index >= 15 is 0 Å². The topological polar surface area (TPSA) is 47.2 Å². The number of rotatable bonds is 4. The lowest BCUT2D eigenvalue weighted by atomic mass is 9.71. The third-order valence-corrected chi connectivity index (χ3v) is 7.46. The van der Waals surface area contributed by atoms with Gasteiger partial charge in [-0.25, -0.2) is 0 Å². The summed E-state index contributed by atoms with van der Waals surface area (Å²) < 4.78 is 4.20. The van der Waals surface area contributed by atoms with Crippen LogP contribution in [0.3, 0.4) is 0 Å². The van der Waals surface area contributed by atoms with Crippen LogP contribution in [0.25, 0.3) is 0 Å². The van der Waals surface area contributed by atoms with Gasteiger partial charge in [-0.3, -0.25) is 9.59 Å². The van der Waals surface area contributed by atoms with Crippen molar-refractivity contribution in [1.29, 1.82) is 0 Å². The van der Waals surface area contributed by atoms with E-state index in [-0.39, 0.29) is 11.0 Å². The lowest BCUT2D eigenvalue weighted by Crippen LogP contribution is -2.50. The largest absolute Gasteiger partial charge is 0.354 e. The number of pyridine rings is 1. The van der Waals surface area contributed by atoms with E-state index in [1.807, 2.05) is 10.6 Å². The van der Waals surface area contributed by atoms with Gasteiger partial charge in [-0.2, -0.15) is 0 Å². The molecule has 154 valence electrons. The number of carbonyl (C=O) groups excluding carboxylic acids is 1. The Labute approximate surface area is 172 Å². The fourth-order valence-electron chi connectivity index (χ4n) is 6.09. The molecule has 29 heavy (non-hydrogen) atoms. The van der Waals surface area contributed by atoms with Crippen LogP contribution in [0, 0.1) is 11.3 Å².